The molecule has 0 saturated heterocycles. The van der Waals surface area contributed by atoms with Gasteiger partial charge >= 0.3 is 0 Å². The summed E-state index contributed by atoms with van der Waals surface area (Å²) in [6.45, 7) is 0. The molecular formula is C18H16N2O2. The molecule has 0 radical (unpaired) electrons. The number of para-hydroxylation sites is 1. The fraction of sp³-hybridized carbons (Fsp3) is 0.111. The highest BCUT2D eigenvalue weighted by Gasteiger charge is 2.13. The highest BCUT2D eigenvalue weighted by molar-refractivity contribution is 6.11. The number of ether oxygens (including phenoxy) is 1. The summed E-state index contributed by atoms with van der Waals surface area (Å²) >= 11 is 0. The lowest BCUT2D eigenvalue weighted by Crippen LogP contribution is -2.08. The van der Waals surface area contributed by atoms with Gasteiger partial charge in [-0.2, -0.15) is 5.26 Å². The maximum atomic E-state index is 12.3. The smallest absolute Gasteiger partial charge is 0.205 e. The minimum Gasteiger partial charge on any atom is -0.457 e. The molecule has 22 heavy (non-hydrogen) atoms. The Labute approximate surface area is 129 Å². The van der Waals surface area contributed by atoms with Gasteiger partial charge in [-0.3, -0.25) is 4.79 Å². The van der Waals surface area contributed by atoms with E-state index in [2.05, 4.69) is 0 Å². The number of allylic oxidation sites excluding steroid dienone is 1. The molecule has 2 aromatic carbocycles. The Morgan fingerprint density at radius 3 is 2.41 bits per heavy atom. The molecule has 4 heteroatoms. The number of nitriles is 1. The van der Waals surface area contributed by atoms with Gasteiger partial charge in [-0.05, 0) is 24.3 Å². The van der Waals surface area contributed by atoms with E-state index in [1.165, 1.54) is 6.20 Å². The molecule has 0 heterocycles. The first-order chi connectivity index (χ1) is 10.6. The van der Waals surface area contributed by atoms with Crippen molar-refractivity contribution in [1.29, 1.82) is 5.26 Å². The van der Waals surface area contributed by atoms with Gasteiger partial charge in [-0.15, -0.1) is 0 Å². The van der Waals surface area contributed by atoms with Crippen molar-refractivity contribution in [3.8, 4) is 17.6 Å². The zero-order valence-electron chi connectivity index (χ0n) is 12.5. The molecule has 0 spiro atoms. The molecule has 0 amide bonds. The van der Waals surface area contributed by atoms with Crippen molar-refractivity contribution < 1.29 is 9.53 Å². The molecule has 2 aromatic rings. The van der Waals surface area contributed by atoms with Crippen molar-refractivity contribution in [2.75, 3.05) is 14.1 Å². The molecule has 110 valence electrons. The van der Waals surface area contributed by atoms with Gasteiger partial charge < -0.3 is 9.64 Å². The number of rotatable bonds is 5. The number of benzene rings is 2. The summed E-state index contributed by atoms with van der Waals surface area (Å²) in [7, 11) is 3.53. The summed E-state index contributed by atoms with van der Waals surface area (Å²) in [5.74, 6) is 0.922. The number of Topliss-reactive ketones (excluding diaryl/α,β-unsaturated/α-hetero) is 1. The standard InChI is InChI=1S/C18H16N2O2/c1-20(2)13-15(12-19)18(21)14-7-6-10-17(11-14)22-16-8-4-3-5-9-16/h3-11,13H,1-2H3. The van der Waals surface area contributed by atoms with Gasteiger partial charge in [-0.25, -0.2) is 0 Å². The second-order valence-corrected chi connectivity index (χ2v) is 4.89. The van der Waals surface area contributed by atoms with E-state index >= 15 is 0 Å². The normalized spacial score (nSPS) is 10.7. The second-order valence-electron chi connectivity index (χ2n) is 4.89. The average molecular weight is 292 g/mol. The Balaban J connectivity index is 2.25. The number of carbonyl (C=O) groups excluding carboxylic acids is 1. The third kappa shape index (κ3) is 3.97. The van der Waals surface area contributed by atoms with Crippen LogP contribution in [-0.4, -0.2) is 24.8 Å². The fourth-order valence-electron chi connectivity index (χ4n) is 1.88. The van der Waals surface area contributed by atoms with Crippen molar-refractivity contribution in [2.24, 2.45) is 0 Å². The van der Waals surface area contributed by atoms with E-state index in [0.717, 1.165) is 0 Å². The molecule has 0 fully saturated rings. The van der Waals surface area contributed by atoms with E-state index in [0.29, 0.717) is 17.1 Å². The molecular weight excluding hydrogens is 276 g/mol. The topological polar surface area (TPSA) is 53.3 Å². The summed E-state index contributed by atoms with van der Waals surface area (Å²) in [5, 5.41) is 9.11. The molecule has 0 aromatic heterocycles. The predicted molar refractivity (Wildman–Crippen MR) is 84.7 cm³/mol. The fourth-order valence-corrected chi connectivity index (χ4v) is 1.88. The van der Waals surface area contributed by atoms with Gasteiger partial charge in [0, 0.05) is 25.9 Å². The quantitative estimate of drug-likeness (QED) is 0.480. The summed E-state index contributed by atoms with van der Waals surface area (Å²) in [4.78, 5) is 14.0. The van der Waals surface area contributed by atoms with Gasteiger partial charge in [0.2, 0.25) is 5.78 Å². The molecule has 4 nitrogen and oxygen atoms in total. The number of ketones is 1. The first kappa shape index (κ1) is 15.3. The Hall–Kier alpha value is -3.06. The van der Waals surface area contributed by atoms with Crippen molar-refractivity contribution in [3.05, 3.63) is 71.9 Å². The lowest BCUT2D eigenvalue weighted by atomic mass is 10.0. The summed E-state index contributed by atoms with van der Waals surface area (Å²) in [6.07, 6.45) is 1.51. The molecule has 0 bridgehead atoms. The molecule has 0 unspecified atom stereocenters. The van der Waals surface area contributed by atoms with E-state index in [1.54, 1.807) is 43.3 Å². The summed E-state index contributed by atoms with van der Waals surface area (Å²) < 4.78 is 5.70. The third-order valence-corrected chi connectivity index (χ3v) is 2.83. The Kier molecular flexibility index (Phi) is 4.94. The number of hydrogen-bond acceptors (Lipinski definition) is 4. The van der Waals surface area contributed by atoms with Gasteiger partial charge in [0.1, 0.15) is 23.1 Å². The van der Waals surface area contributed by atoms with Crippen LogP contribution in [0, 0.1) is 11.3 Å². The van der Waals surface area contributed by atoms with E-state index in [-0.39, 0.29) is 11.4 Å². The zero-order valence-corrected chi connectivity index (χ0v) is 12.5. The van der Waals surface area contributed by atoms with E-state index in [1.807, 2.05) is 36.4 Å². The Morgan fingerprint density at radius 2 is 1.77 bits per heavy atom. The zero-order chi connectivity index (χ0) is 15.9. The molecule has 0 saturated carbocycles. The lowest BCUT2D eigenvalue weighted by Gasteiger charge is -2.08. The summed E-state index contributed by atoms with van der Waals surface area (Å²) in [5.41, 5.74) is 0.505. The predicted octanol–water partition coefficient (Wildman–Crippen LogP) is 3.63. The van der Waals surface area contributed by atoms with Crippen molar-refractivity contribution in [3.63, 3.8) is 0 Å². The first-order valence-electron chi connectivity index (χ1n) is 6.76. The highest BCUT2D eigenvalue weighted by Crippen LogP contribution is 2.22. The number of nitrogens with zero attached hydrogens (tertiary/aromatic N) is 2. The highest BCUT2D eigenvalue weighted by atomic mass is 16.5. The van der Waals surface area contributed by atoms with Crippen LogP contribution < -0.4 is 4.74 Å². The molecule has 2 rings (SSSR count). The van der Waals surface area contributed by atoms with Crippen LogP contribution in [0.15, 0.2) is 66.4 Å². The van der Waals surface area contributed by atoms with Crippen LogP contribution in [0.3, 0.4) is 0 Å². The van der Waals surface area contributed by atoms with Gasteiger partial charge in [-0.1, -0.05) is 30.3 Å². The SMILES string of the molecule is CN(C)C=C(C#N)C(=O)c1cccc(Oc2ccccc2)c1. The van der Waals surface area contributed by atoms with Crippen LogP contribution >= 0.6 is 0 Å². The van der Waals surface area contributed by atoms with Crippen molar-refractivity contribution in [1.82, 2.24) is 4.90 Å². The molecule has 0 atom stereocenters. The van der Waals surface area contributed by atoms with Crippen LogP contribution in [0.5, 0.6) is 11.5 Å². The number of carbonyl (C=O) groups is 1. The average Bonchev–Trinajstić information content (AvgIpc) is 2.53. The van der Waals surface area contributed by atoms with Crippen molar-refractivity contribution in [2.45, 2.75) is 0 Å². The van der Waals surface area contributed by atoms with Crippen LogP contribution in [0.25, 0.3) is 0 Å². The van der Waals surface area contributed by atoms with Crippen LogP contribution in [0.2, 0.25) is 0 Å². The van der Waals surface area contributed by atoms with Crippen LogP contribution in [0.1, 0.15) is 10.4 Å². The van der Waals surface area contributed by atoms with Crippen LogP contribution in [-0.2, 0) is 0 Å². The lowest BCUT2D eigenvalue weighted by molar-refractivity contribution is 0.103. The minimum atomic E-state index is -0.324. The number of hydrogen-bond donors (Lipinski definition) is 0. The largest absolute Gasteiger partial charge is 0.457 e. The minimum absolute atomic E-state index is 0.0851. The summed E-state index contributed by atoms with van der Waals surface area (Å²) in [6, 6.07) is 18.1. The van der Waals surface area contributed by atoms with Crippen molar-refractivity contribution >= 4 is 5.78 Å². The second kappa shape index (κ2) is 7.09. The van der Waals surface area contributed by atoms with Gasteiger partial charge in [0.25, 0.3) is 0 Å². The molecule has 0 aliphatic heterocycles. The third-order valence-electron chi connectivity index (χ3n) is 2.83. The monoisotopic (exact) mass is 292 g/mol. The van der Waals surface area contributed by atoms with Gasteiger partial charge in [0.05, 0.1) is 0 Å². The van der Waals surface area contributed by atoms with Gasteiger partial charge in [0.15, 0.2) is 0 Å². The first-order valence-corrected chi connectivity index (χ1v) is 6.76. The van der Waals surface area contributed by atoms with Crippen LogP contribution in [0.4, 0.5) is 0 Å². The molecule has 0 aliphatic carbocycles. The molecule has 0 N–H and O–H groups in total. The maximum absolute atomic E-state index is 12.3. The maximum Gasteiger partial charge on any atom is 0.205 e. The van der Waals surface area contributed by atoms with E-state index in [4.69, 9.17) is 10.00 Å². The molecule has 0 aliphatic rings. The van der Waals surface area contributed by atoms with E-state index < -0.39 is 0 Å². The Morgan fingerprint density at radius 1 is 1.09 bits per heavy atom. The van der Waals surface area contributed by atoms with E-state index in [9.17, 15) is 4.79 Å². The Bertz CT molecular complexity index is 728.